The molecule has 2 atom stereocenters. The Bertz CT molecular complexity index is 293. The molecule has 0 saturated carbocycles. The van der Waals surface area contributed by atoms with Crippen LogP contribution >= 0.6 is 24.8 Å². The van der Waals surface area contributed by atoms with E-state index in [0.717, 1.165) is 25.1 Å². The highest BCUT2D eigenvalue weighted by Crippen LogP contribution is 2.26. The van der Waals surface area contributed by atoms with Gasteiger partial charge in [0.1, 0.15) is 6.10 Å². The molecule has 1 saturated heterocycles. The molecule has 1 aliphatic heterocycles. The predicted molar refractivity (Wildman–Crippen MR) is 63.6 cm³/mol. The monoisotopic (exact) mass is 253 g/mol. The van der Waals surface area contributed by atoms with Gasteiger partial charge in [0.05, 0.1) is 18.2 Å². The van der Waals surface area contributed by atoms with E-state index in [2.05, 4.69) is 4.98 Å². The summed E-state index contributed by atoms with van der Waals surface area (Å²) in [5.41, 5.74) is 6.99. The highest BCUT2D eigenvalue weighted by atomic mass is 35.5. The summed E-state index contributed by atoms with van der Waals surface area (Å²) in [5.74, 6) is 0. The summed E-state index contributed by atoms with van der Waals surface area (Å²) < 4.78 is 7.62. The summed E-state index contributed by atoms with van der Waals surface area (Å²) in [6.07, 6.45) is 5.64. The predicted octanol–water partition coefficient (Wildman–Crippen LogP) is 1.44. The normalized spacial score (nSPS) is 25.2. The van der Waals surface area contributed by atoms with E-state index in [1.54, 1.807) is 6.33 Å². The highest BCUT2D eigenvalue weighted by Gasteiger charge is 2.23. The lowest BCUT2D eigenvalue weighted by Crippen LogP contribution is -2.31. The third kappa shape index (κ3) is 3.34. The number of nitrogens with zero attached hydrogens (tertiary/aromatic N) is 2. The van der Waals surface area contributed by atoms with Crippen LogP contribution in [-0.4, -0.2) is 22.2 Å². The summed E-state index contributed by atoms with van der Waals surface area (Å²) in [6.45, 7) is 0.761. The number of nitrogens with two attached hydrogens (primary N) is 1. The van der Waals surface area contributed by atoms with Gasteiger partial charge in [-0.25, -0.2) is 4.98 Å². The largest absolute Gasteiger partial charge is 0.372 e. The van der Waals surface area contributed by atoms with Crippen LogP contribution in [-0.2, 0) is 11.8 Å². The Morgan fingerprint density at radius 3 is 2.80 bits per heavy atom. The zero-order valence-electron chi connectivity index (χ0n) is 8.63. The Morgan fingerprint density at radius 2 is 2.27 bits per heavy atom. The molecule has 1 aromatic heterocycles. The van der Waals surface area contributed by atoms with Crippen molar-refractivity contribution in [2.75, 3.05) is 6.61 Å². The molecule has 2 unspecified atom stereocenters. The minimum absolute atomic E-state index is 0. The van der Waals surface area contributed by atoms with Gasteiger partial charge in [-0.05, 0) is 12.8 Å². The van der Waals surface area contributed by atoms with Gasteiger partial charge >= 0.3 is 0 Å². The molecule has 1 aromatic rings. The van der Waals surface area contributed by atoms with E-state index >= 15 is 0 Å². The van der Waals surface area contributed by atoms with Crippen LogP contribution in [0.2, 0.25) is 0 Å². The number of rotatable bonds is 1. The van der Waals surface area contributed by atoms with Crippen LogP contribution < -0.4 is 5.73 Å². The minimum Gasteiger partial charge on any atom is -0.372 e. The fourth-order valence-corrected chi connectivity index (χ4v) is 1.71. The van der Waals surface area contributed by atoms with Gasteiger partial charge < -0.3 is 15.0 Å². The van der Waals surface area contributed by atoms with Crippen LogP contribution in [0.1, 0.15) is 24.6 Å². The van der Waals surface area contributed by atoms with Crippen LogP contribution in [0.3, 0.4) is 0 Å². The fraction of sp³-hybridized carbons (Fsp3) is 0.667. The zero-order valence-corrected chi connectivity index (χ0v) is 10.3. The Labute approximate surface area is 102 Å². The maximum Gasteiger partial charge on any atom is 0.100 e. The fourth-order valence-electron chi connectivity index (χ4n) is 1.71. The second-order valence-electron chi connectivity index (χ2n) is 3.57. The first-order chi connectivity index (χ1) is 6.27. The zero-order chi connectivity index (χ0) is 9.26. The first-order valence-corrected chi connectivity index (χ1v) is 4.61. The average Bonchev–Trinajstić information content (AvgIpc) is 2.51. The van der Waals surface area contributed by atoms with E-state index in [1.807, 2.05) is 17.8 Å². The molecule has 0 amide bonds. The second kappa shape index (κ2) is 6.33. The van der Waals surface area contributed by atoms with E-state index in [9.17, 15) is 0 Å². The Kier molecular flexibility index (Phi) is 6.20. The molecule has 2 N–H and O–H groups in total. The molecular formula is C9H17Cl2N3O. The molecule has 0 spiro atoms. The average molecular weight is 254 g/mol. The quantitative estimate of drug-likeness (QED) is 0.825. The minimum atomic E-state index is 0. The van der Waals surface area contributed by atoms with Gasteiger partial charge in [-0.1, -0.05) is 0 Å². The summed E-state index contributed by atoms with van der Waals surface area (Å²) >= 11 is 0. The summed E-state index contributed by atoms with van der Waals surface area (Å²) in [7, 11) is 1.98. The summed E-state index contributed by atoms with van der Waals surface area (Å²) in [4.78, 5) is 4.06. The van der Waals surface area contributed by atoms with Crippen LogP contribution in [0.25, 0.3) is 0 Å². The second-order valence-corrected chi connectivity index (χ2v) is 3.57. The van der Waals surface area contributed by atoms with Gasteiger partial charge in [-0.15, -0.1) is 24.8 Å². The lowest BCUT2D eigenvalue weighted by molar-refractivity contribution is 0.00253. The SMILES string of the molecule is Cl.Cl.Cn1cncc1C1CC(N)CCO1. The number of aromatic nitrogens is 2. The first kappa shape index (κ1) is 14.7. The van der Waals surface area contributed by atoms with E-state index < -0.39 is 0 Å². The number of ether oxygens (including phenoxy) is 1. The van der Waals surface area contributed by atoms with E-state index in [-0.39, 0.29) is 37.0 Å². The summed E-state index contributed by atoms with van der Waals surface area (Å²) in [5, 5.41) is 0. The van der Waals surface area contributed by atoms with Crippen molar-refractivity contribution in [2.24, 2.45) is 12.8 Å². The number of aryl methyl sites for hydroxylation is 1. The van der Waals surface area contributed by atoms with Gasteiger partial charge in [0.15, 0.2) is 0 Å². The third-order valence-electron chi connectivity index (χ3n) is 2.51. The van der Waals surface area contributed by atoms with Crippen LogP contribution in [0.15, 0.2) is 12.5 Å². The molecule has 1 fully saturated rings. The Hall–Kier alpha value is -0.290. The summed E-state index contributed by atoms with van der Waals surface area (Å²) in [6, 6.07) is 0.272. The maximum atomic E-state index is 5.87. The van der Waals surface area contributed by atoms with Crippen molar-refractivity contribution < 1.29 is 4.74 Å². The van der Waals surface area contributed by atoms with Crippen LogP contribution in [0, 0.1) is 0 Å². The smallest absolute Gasteiger partial charge is 0.100 e. The molecule has 0 radical (unpaired) electrons. The molecule has 0 bridgehead atoms. The Balaban J connectivity index is 0.000000980. The van der Waals surface area contributed by atoms with Crippen molar-refractivity contribution in [1.82, 2.24) is 9.55 Å². The molecule has 0 aromatic carbocycles. The van der Waals surface area contributed by atoms with Crippen LogP contribution in [0.5, 0.6) is 0 Å². The van der Waals surface area contributed by atoms with Crippen LogP contribution in [0.4, 0.5) is 0 Å². The van der Waals surface area contributed by atoms with E-state index in [0.29, 0.717) is 0 Å². The number of imidazole rings is 1. The third-order valence-corrected chi connectivity index (χ3v) is 2.51. The number of hydrogen-bond donors (Lipinski definition) is 1. The highest BCUT2D eigenvalue weighted by molar-refractivity contribution is 5.85. The number of hydrogen-bond acceptors (Lipinski definition) is 3. The molecule has 15 heavy (non-hydrogen) atoms. The lowest BCUT2D eigenvalue weighted by atomic mass is 10.0. The van der Waals surface area contributed by atoms with Crippen molar-refractivity contribution in [3.05, 3.63) is 18.2 Å². The molecule has 2 rings (SSSR count). The van der Waals surface area contributed by atoms with Gasteiger partial charge in [0.2, 0.25) is 0 Å². The van der Waals surface area contributed by atoms with Crippen molar-refractivity contribution in [3.63, 3.8) is 0 Å². The molecule has 6 heteroatoms. The van der Waals surface area contributed by atoms with Crippen molar-refractivity contribution >= 4 is 24.8 Å². The maximum absolute atomic E-state index is 5.87. The van der Waals surface area contributed by atoms with E-state index in [4.69, 9.17) is 10.5 Å². The molecule has 2 heterocycles. The standard InChI is InChI=1S/C9H15N3O.2ClH/c1-12-6-11-5-8(12)9-4-7(10)2-3-13-9;;/h5-7,9H,2-4,10H2,1H3;2*1H. The molecule has 1 aliphatic rings. The molecule has 88 valence electrons. The topological polar surface area (TPSA) is 53.1 Å². The number of halogens is 2. The Morgan fingerprint density at radius 1 is 1.53 bits per heavy atom. The van der Waals surface area contributed by atoms with Gasteiger partial charge in [0.25, 0.3) is 0 Å². The molecular weight excluding hydrogens is 237 g/mol. The van der Waals surface area contributed by atoms with Crippen molar-refractivity contribution in [3.8, 4) is 0 Å². The van der Waals surface area contributed by atoms with Crippen molar-refractivity contribution in [1.29, 1.82) is 0 Å². The molecule has 0 aliphatic carbocycles. The van der Waals surface area contributed by atoms with Gasteiger partial charge in [-0.2, -0.15) is 0 Å². The lowest BCUT2D eigenvalue weighted by Gasteiger charge is -2.27. The van der Waals surface area contributed by atoms with Crippen molar-refractivity contribution in [2.45, 2.75) is 25.0 Å². The van der Waals surface area contributed by atoms with E-state index in [1.165, 1.54) is 0 Å². The molecule has 4 nitrogen and oxygen atoms in total. The first-order valence-electron chi connectivity index (χ1n) is 4.61. The van der Waals surface area contributed by atoms with Gasteiger partial charge in [-0.3, -0.25) is 0 Å². The van der Waals surface area contributed by atoms with Gasteiger partial charge in [0, 0.05) is 19.7 Å².